The number of carbonyl (C=O) groups is 1. The summed E-state index contributed by atoms with van der Waals surface area (Å²) in [6, 6.07) is 23.2. The summed E-state index contributed by atoms with van der Waals surface area (Å²) in [5.74, 6) is 1.32. The smallest absolute Gasteiger partial charge is 0.231 e. The number of amides is 1. The molecular weight excluding hydrogens is 430 g/mol. The Morgan fingerprint density at radius 3 is 2.53 bits per heavy atom. The van der Waals surface area contributed by atoms with Crippen molar-refractivity contribution in [2.24, 2.45) is 0 Å². The van der Waals surface area contributed by atoms with Gasteiger partial charge >= 0.3 is 0 Å². The third-order valence-electron chi connectivity index (χ3n) is 5.44. The van der Waals surface area contributed by atoms with Crippen LogP contribution < -0.4 is 14.4 Å². The van der Waals surface area contributed by atoms with Crippen LogP contribution in [0.15, 0.2) is 85.2 Å². The number of hydrogen-bond acceptors (Lipinski definition) is 6. The van der Waals surface area contributed by atoms with Gasteiger partial charge in [-0.2, -0.15) is 0 Å². The molecule has 0 atom stereocenters. The molecule has 5 rings (SSSR count). The van der Waals surface area contributed by atoms with Crippen LogP contribution in [0, 0.1) is 0 Å². The van der Waals surface area contributed by atoms with Crippen molar-refractivity contribution in [1.82, 2.24) is 20.2 Å². The minimum Gasteiger partial charge on any atom is -0.486 e. The molecule has 0 bridgehead atoms. The van der Waals surface area contributed by atoms with E-state index in [-0.39, 0.29) is 12.3 Å². The van der Waals surface area contributed by atoms with Crippen molar-refractivity contribution in [3.8, 4) is 17.2 Å². The molecule has 34 heavy (non-hydrogen) atoms. The summed E-state index contributed by atoms with van der Waals surface area (Å²) in [5, 5.41) is 11.2. The van der Waals surface area contributed by atoms with Crippen molar-refractivity contribution in [3.63, 3.8) is 0 Å². The van der Waals surface area contributed by atoms with Gasteiger partial charge in [-0.3, -0.25) is 4.79 Å². The van der Waals surface area contributed by atoms with E-state index in [9.17, 15) is 4.79 Å². The Bertz CT molecular complexity index is 1270. The molecule has 0 spiro atoms. The zero-order valence-corrected chi connectivity index (χ0v) is 18.4. The van der Waals surface area contributed by atoms with Crippen molar-refractivity contribution >= 4 is 17.7 Å². The molecule has 1 amide bonds. The van der Waals surface area contributed by atoms with Crippen LogP contribution in [0.4, 0.5) is 5.69 Å². The number of anilines is 1. The average Bonchev–Trinajstić information content (AvgIpc) is 3.42. The molecule has 0 N–H and O–H groups in total. The second kappa shape index (κ2) is 9.99. The predicted octanol–water partition coefficient (Wildman–Crippen LogP) is 3.72. The Morgan fingerprint density at radius 1 is 0.971 bits per heavy atom. The van der Waals surface area contributed by atoms with Gasteiger partial charge in [-0.05, 0) is 45.8 Å². The molecule has 8 nitrogen and oxygen atoms in total. The van der Waals surface area contributed by atoms with E-state index in [2.05, 4.69) is 15.5 Å². The molecule has 0 radical (unpaired) electrons. The first kappa shape index (κ1) is 21.4. The van der Waals surface area contributed by atoms with E-state index in [1.54, 1.807) is 9.58 Å². The zero-order chi connectivity index (χ0) is 23.2. The fourth-order valence-electron chi connectivity index (χ4n) is 3.73. The molecule has 0 saturated carbocycles. The van der Waals surface area contributed by atoms with Crippen LogP contribution in [0.25, 0.3) is 11.8 Å². The summed E-state index contributed by atoms with van der Waals surface area (Å²) in [5.41, 5.74) is 3.57. The first-order valence-corrected chi connectivity index (χ1v) is 11.0. The highest BCUT2D eigenvalue weighted by molar-refractivity contribution is 5.95. The number of rotatable bonds is 7. The van der Waals surface area contributed by atoms with E-state index in [1.165, 1.54) is 6.33 Å². The highest BCUT2D eigenvalue weighted by Crippen LogP contribution is 2.34. The van der Waals surface area contributed by atoms with Gasteiger partial charge in [0.05, 0.1) is 12.1 Å². The highest BCUT2D eigenvalue weighted by Gasteiger charge is 2.19. The number of nitrogens with zero attached hydrogens (tertiary/aromatic N) is 5. The summed E-state index contributed by atoms with van der Waals surface area (Å²) in [7, 11) is 0. The van der Waals surface area contributed by atoms with Crippen molar-refractivity contribution in [3.05, 3.63) is 96.3 Å². The van der Waals surface area contributed by atoms with Crippen LogP contribution in [0.1, 0.15) is 11.1 Å². The number of hydrogen-bond donors (Lipinski definition) is 0. The molecule has 0 unspecified atom stereocenters. The predicted molar refractivity (Wildman–Crippen MR) is 128 cm³/mol. The Hall–Kier alpha value is -4.46. The minimum atomic E-state index is -0.0236. The van der Waals surface area contributed by atoms with E-state index >= 15 is 0 Å². The maximum atomic E-state index is 13.4. The summed E-state index contributed by atoms with van der Waals surface area (Å²) in [4.78, 5) is 15.2. The lowest BCUT2D eigenvalue weighted by molar-refractivity contribution is -0.117. The maximum absolute atomic E-state index is 13.4. The molecule has 2 heterocycles. The van der Waals surface area contributed by atoms with Gasteiger partial charge in [-0.1, -0.05) is 54.6 Å². The molecule has 8 heteroatoms. The second-order valence-electron chi connectivity index (χ2n) is 7.74. The van der Waals surface area contributed by atoms with E-state index < -0.39 is 0 Å². The maximum Gasteiger partial charge on any atom is 0.231 e. The molecule has 3 aromatic carbocycles. The summed E-state index contributed by atoms with van der Waals surface area (Å²) >= 11 is 0. The van der Waals surface area contributed by atoms with E-state index in [0.29, 0.717) is 31.3 Å². The molecule has 1 aliphatic rings. The number of carbonyl (C=O) groups excluding carboxylic acids is 1. The fraction of sp³-hybridized carbons (Fsp3) is 0.154. The van der Waals surface area contributed by atoms with Crippen molar-refractivity contribution in [2.45, 2.75) is 6.42 Å². The molecule has 1 aromatic heterocycles. The van der Waals surface area contributed by atoms with Crippen LogP contribution in [0.2, 0.25) is 0 Å². The molecule has 1 aliphatic heterocycles. The first-order valence-electron chi connectivity index (χ1n) is 11.0. The fourth-order valence-corrected chi connectivity index (χ4v) is 3.73. The summed E-state index contributed by atoms with van der Waals surface area (Å²) < 4.78 is 12.9. The Morgan fingerprint density at radius 2 is 1.76 bits per heavy atom. The standard InChI is InChI=1S/C26H23N5O3/c32-26(17-21-8-10-22(11-9-21)31-19-27-28-29-31)30(14-4-7-20-5-2-1-3-6-20)23-12-13-24-25(18-23)34-16-15-33-24/h1-13,18-19H,14-17H2/b7-4+. The van der Waals surface area contributed by atoms with Gasteiger partial charge in [0.1, 0.15) is 19.5 Å². The van der Waals surface area contributed by atoms with Gasteiger partial charge < -0.3 is 14.4 Å². The third-order valence-corrected chi connectivity index (χ3v) is 5.44. The van der Waals surface area contributed by atoms with Crippen LogP contribution in [-0.2, 0) is 11.2 Å². The lowest BCUT2D eigenvalue weighted by Crippen LogP contribution is -2.32. The second-order valence-corrected chi connectivity index (χ2v) is 7.74. The van der Waals surface area contributed by atoms with E-state index in [0.717, 1.165) is 22.5 Å². The monoisotopic (exact) mass is 453 g/mol. The Labute approximate surface area is 197 Å². The summed E-state index contributed by atoms with van der Waals surface area (Å²) in [6.45, 7) is 1.44. The van der Waals surface area contributed by atoms with Crippen molar-refractivity contribution in [1.29, 1.82) is 0 Å². The normalized spacial score (nSPS) is 12.6. The van der Waals surface area contributed by atoms with Gasteiger partial charge in [0.15, 0.2) is 11.5 Å². The third kappa shape index (κ3) is 4.96. The van der Waals surface area contributed by atoms with Gasteiger partial charge in [-0.25, -0.2) is 4.68 Å². The average molecular weight is 454 g/mol. The lowest BCUT2D eigenvalue weighted by atomic mass is 10.1. The first-order chi connectivity index (χ1) is 16.8. The SMILES string of the molecule is O=C(Cc1ccc(-n2cnnn2)cc1)N(C/C=C/c1ccccc1)c1ccc2c(c1)OCCO2. The zero-order valence-electron chi connectivity index (χ0n) is 18.4. The van der Waals surface area contributed by atoms with E-state index in [1.807, 2.05) is 84.9 Å². The molecular formula is C26H23N5O3. The molecule has 0 aliphatic carbocycles. The number of fused-ring (bicyclic) bond motifs is 1. The van der Waals surface area contributed by atoms with Gasteiger partial charge in [0.25, 0.3) is 0 Å². The largest absolute Gasteiger partial charge is 0.486 e. The Balaban J connectivity index is 1.36. The van der Waals surface area contributed by atoms with Gasteiger partial charge in [0, 0.05) is 18.3 Å². The van der Waals surface area contributed by atoms with Gasteiger partial charge in [-0.15, -0.1) is 5.10 Å². The van der Waals surface area contributed by atoms with Crippen molar-refractivity contribution < 1.29 is 14.3 Å². The minimum absolute atomic E-state index is 0.0236. The molecule has 0 fully saturated rings. The van der Waals surface area contributed by atoms with Crippen LogP contribution in [0.5, 0.6) is 11.5 Å². The van der Waals surface area contributed by atoms with Crippen LogP contribution in [-0.4, -0.2) is 45.9 Å². The number of benzene rings is 3. The number of tetrazole rings is 1. The quantitative estimate of drug-likeness (QED) is 0.424. The number of aromatic nitrogens is 4. The summed E-state index contributed by atoms with van der Waals surface area (Å²) in [6.07, 6.45) is 5.79. The molecule has 0 saturated heterocycles. The highest BCUT2D eigenvalue weighted by atomic mass is 16.6. The van der Waals surface area contributed by atoms with E-state index in [4.69, 9.17) is 9.47 Å². The van der Waals surface area contributed by atoms with Crippen LogP contribution >= 0.6 is 0 Å². The lowest BCUT2D eigenvalue weighted by Gasteiger charge is -2.25. The molecule has 170 valence electrons. The number of ether oxygens (including phenoxy) is 2. The molecule has 4 aromatic rings. The van der Waals surface area contributed by atoms with Gasteiger partial charge in [0.2, 0.25) is 5.91 Å². The van der Waals surface area contributed by atoms with Crippen LogP contribution in [0.3, 0.4) is 0 Å². The van der Waals surface area contributed by atoms with Crippen molar-refractivity contribution in [2.75, 3.05) is 24.7 Å². The Kier molecular flexibility index (Phi) is 6.29. The topological polar surface area (TPSA) is 82.4 Å².